The van der Waals surface area contributed by atoms with Crippen molar-refractivity contribution in [2.75, 3.05) is 0 Å². The Morgan fingerprint density at radius 3 is 2.81 bits per heavy atom. The molecule has 1 aromatic heterocycles. The summed E-state index contributed by atoms with van der Waals surface area (Å²) in [7, 11) is 0. The van der Waals surface area contributed by atoms with Crippen LogP contribution >= 0.6 is 0 Å². The highest BCUT2D eigenvalue weighted by atomic mass is 19.1. The zero-order valence-corrected chi connectivity index (χ0v) is 10.5. The molecule has 21 heavy (non-hydrogen) atoms. The van der Waals surface area contributed by atoms with E-state index in [-0.39, 0.29) is 22.3 Å². The van der Waals surface area contributed by atoms with E-state index in [4.69, 9.17) is 5.26 Å². The predicted octanol–water partition coefficient (Wildman–Crippen LogP) is 2.13. The monoisotopic (exact) mass is 282 g/mol. The van der Waals surface area contributed by atoms with Gasteiger partial charge in [-0.1, -0.05) is 11.3 Å². The lowest BCUT2D eigenvalue weighted by Gasteiger charge is -2.05. The highest BCUT2D eigenvalue weighted by molar-refractivity contribution is 6.01. The molecular weight excluding hydrogens is 275 g/mol. The lowest BCUT2D eigenvalue weighted by atomic mass is 10.1. The summed E-state index contributed by atoms with van der Waals surface area (Å²) in [5.74, 6) is -1.83. The second-order valence-corrected chi connectivity index (χ2v) is 4.26. The first-order chi connectivity index (χ1) is 10.1. The Labute approximate surface area is 117 Å². The molecule has 0 aliphatic rings. The smallest absolute Gasteiger partial charge is 0.337 e. The molecule has 0 spiro atoms. The fraction of sp³-hybridized carbons (Fsp3) is 0. The van der Waals surface area contributed by atoms with E-state index in [1.54, 1.807) is 12.1 Å². The molecule has 7 heteroatoms. The maximum Gasteiger partial charge on any atom is 0.337 e. The number of hydrogen-bond acceptors (Lipinski definition) is 4. The van der Waals surface area contributed by atoms with Crippen LogP contribution in [0.3, 0.4) is 0 Å². The number of nitriles is 1. The molecule has 1 heterocycles. The SMILES string of the molecule is N#Cc1ccc(-n2nnc3cccc(C(=O)O)c32)c(F)c1. The first kappa shape index (κ1) is 12.7. The molecule has 0 aliphatic carbocycles. The summed E-state index contributed by atoms with van der Waals surface area (Å²) in [6.45, 7) is 0. The van der Waals surface area contributed by atoms with Gasteiger partial charge in [0.2, 0.25) is 0 Å². The van der Waals surface area contributed by atoms with Gasteiger partial charge in [-0.15, -0.1) is 5.10 Å². The van der Waals surface area contributed by atoms with Crippen LogP contribution in [0.4, 0.5) is 4.39 Å². The Morgan fingerprint density at radius 2 is 2.14 bits per heavy atom. The summed E-state index contributed by atoms with van der Waals surface area (Å²) in [6, 6.07) is 10.2. The second-order valence-electron chi connectivity index (χ2n) is 4.26. The summed E-state index contributed by atoms with van der Waals surface area (Å²) in [5, 5.41) is 25.6. The zero-order chi connectivity index (χ0) is 15.0. The van der Waals surface area contributed by atoms with Gasteiger partial charge in [0, 0.05) is 0 Å². The van der Waals surface area contributed by atoms with Crippen molar-refractivity contribution < 1.29 is 14.3 Å². The molecule has 0 unspecified atom stereocenters. The van der Waals surface area contributed by atoms with Crippen molar-refractivity contribution >= 4 is 17.0 Å². The van der Waals surface area contributed by atoms with E-state index < -0.39 is 11.8 Å². The van der Waals surface area contributed by atoms with Crippen LogP contribution in [0, 0.1) is 17.1 Å². The van der Waals surface area contributed by atoms with Crippen molar-refractivity contribution in [3.8, 4) is 11.8 Å². The Morgan fingerprint density at radius 1 is 1.33 bits per heavy atom. The average molecular weight is 282 g/mol. The number of carboxylic acids is 1. The molecule has 102 valence electrons. The van der Waals surface area contributed by atoms with E-state index >= 15 is 0 Å². The van der Waals surface area contributed by atoms with E-state index in [1.165, 1.54) is 18.2 Å². The lowest BCUT2D eigenvalue weighted by molar-refractivity contribution is 0.0698. The van der Waals surface area contributed by atoms with Crippen LogP contribution < -0.4 is 0 Å². The molecule has 0 bridgehead atoms. The Kier molecular flexibility index (Phi) is 2.84. The van der Waals surface area contributed by atoms with Gasteiger partial charge < -0.3 is 5.11 Å². The van der Waals surface area contributed by atoms with Crippen LogP contribution in [-0.4, -0.2) is 26.1 Å². The summed E-state index contributed by atoms with van der Waals surface area (Å²) in [6.07, 6.45) is 0. The minimum absolute atomic E-state index is 0.0266. The number of carboxylic acid groups (broad SMARTS) is 1. The largest absolute Gasteiger partial charge is 0.478 e. The van der Waals surface area contributed by atoms with Gasteiger partial charge in [-0.25, -0.2) is 13.9 Å². The third-order valence-corrected chi connectivity index (χ3v) is 3.00. The van der Waals surface area contributed by atoms with E-state index in [0.717, 1.165) is 10.7 Å². The van der Waals surface area contributed by atoms with E-state index in [2.05, 4.69) is 10.3 Å². The van der Waals surface area contributed by atoms with Crippen molar-refractivity contribution in [3.63, 3.8) is 0 Å². The number of aromatic nitrogens is 3. The minimum Gasteiger partial charge on any atom is -0.478 e. The Hall–Kier alpha value is -3.27. The van der Waals surface area contributed by atoms with E-state index in [0.29, 0.717) is 5.52 Å². The van der Waals surface area contributed by atoms with Gasteiger partial charge in [-0.2, -0.15) is 5.26 Å². The minimum atomic E-state index is -1.15. The summed E-state index contributed by atoms with van der Waals surface area (Å²) in [4.78, 5) is 11.3. The van der Waals surface area contributed by atoms with E-state index in [1.807, 2.05) is 6.07 Å². The van der Waals surface area contributed by atoms with Crippen molar-refractivity contribution in [1.29, 1.82) is 5.26 Å². The maximum absolute atomic E-state index is 14.1. The highest BCUT2D eigenvalue weighted by Gasteiger charge is 2.17. The van der Waals surface area contributed by atoms with Gasteiger partial charge >= 0.3 is 5.97 Å². The number of para-hydroxylation sites is 1. The summed E-state index contributed by atoms with van der Waals surface area (Å²) < 4.78 is 15.2. The lowest BCUT2D eigenvalue weighted by Crippen LogP contribution is -2.05. The molecule has 1 N–H and O–H groups in total. The molecule has 0 atom stereocenters. The molecular formula is C14H7FN4O2. The molecule has 3 rings (SSSR count). The summed E-state index contributed by atoms with van der Waals surface area (Å²) in [5.41, 5.74) is 0.720. The molecule has 0 aliphatic heterocycles. The predicted molar refractivity (Wildman–Crippen MR) is 70.5 cm³/mol. The van der Waals surface area contributed by atoms with Crippen LogP contribution in [0.15, 0.2) is 36.4 Å². The summed E-state index contributed by atoms with van der Waals surface area (Å²) >= 11 is 0. The molecule has 2 aromatic carbocycles. The molecule has 0 amide bonds. The van der Waals surface area contributed by atoms with Crippen LogP contribution in [-0.2, 0) is 0 Å². The number of rotatable bonds is 2. The van der Waals surface area contributed by atoms with Crippen LogP contribution in [0.1, 0.15) is 15.9 Å². The number of aromatic carboxylic acids is 1. The first-order valence-electron chi connectivity index (χ1n) is 5.89. The quantitative estimate of drug-likeness (QED) is 0.777. The Balaban J connectivity index is 2.31. The van der Waals surface area contributed by atoms with Crippen LogP contribution in [0.25, 0.3) is 16.7 Å². The average Bonchev–Trinajstić information content (AvgIpc) is 2.90. The molecule has 0 saturated carbocycles. The Bertz CT molecular complexity index is 911. The van der Waals surface area contributed by atoms with Gasteiger partial charge in [0.25, 0.3) is 0 Å². The molecule has 0 fully saturated rings. The first-order valence-corrected chi connectivity index (χ1v) is 5.89. The number of hydrogen-bond donors (Lipinski definition) is 1. The van der Waals surface area contributed by atoms with E-state index in [9.17, 15) is 14.3 Å². The number of benzene rings is 2. The molecule has 0 radical (unpaired) electrons. The van der Waals surface area contributed by atoms with Gasteiger partial charge in [-0.3, -0.25) is 0 Å². The van der Waals surface area contributed by atoms with Gasteiger partial charge in [0.15, 0.2) is 0 Å². The molecule has 0 saturated heterocycles. The zero-order valence-electron chi connectivity index (χ0n) is 10.5. The van der Waals surface area contributed by atoms with Crippen molar-refractivity contribution in [3.05, 3.63) is 53.3 Å². The van der Waals surface area contributed by atoms with Crippen LogP contribution in [0.5, 0.6) is 0 Å². The fourth-order valence-corrected chi connectivity index (χ4v) is 2.06. The van der Waals surface area contributed by atoms with Crippen molar-refractivity contribution in [1.82, 2.24) is 15.0 Å². The number of halogens is 1. The number of nitrogens with zero attached hydrogens (tertiary/aromatic N) is 4. The number of carbonyl (C=O) groups is 1. The number of fused-ring (bicyclic) bond motifs is 1. The topological polar surface area (TPSA) is 91.8 Å². The molecule has 6 nitrogen and oxygen atoms in total. The maximum atomic E-state index is 14.1. The molecule has 3 aromatic rings. The van der Waals surface area contributed by atoms with Crippen molar-refractivity contribution in [2.45, 2.75) is 0 Å². The standard InChI is InChI=1S/C14H7FN4O2/c15-10-6-8(7-16)4-5-12(10)19-13-9(14(20)21)2-1-3-11(13)17-18-19/h1-6H,(H,20,21). The third kappa shape index (κ3) is 1.99. The van der Waals surface area contributed by atoms with Crippen molar-refractivity contribution in [2.24, 2.45) is 0 Å². The fourth-order valence-electron chi connectivity index (χ4n) is 2.06. The van der Waals surface area contributed by atoms with Gasteiger partial charge in [0.1, 0.15) is 22.5 Å². The van der Waals surface area contributed by atoms with Crippen LogP contribution in [0.2, 0.25) is 0 Å². The third-order valence-electron chi connectivity index (χ3n) is 3.00. The highest BCUT2D eigenvalue weighted by Crippen LogP contribution is 2.22. The van der Waals surface area contributed by atoms with Gasteiger partial charge in [0.05, 0.1) is 17.2 Å². The second kappa shape index (κ2) is 4.68. The van der Waals surface area contributed by atoms with Gasteiger partial charge in [-0.05, 0) is 30.3 Å². The normalized spacial score (nSPS) is 10.5.